The summed E-state index contributed by atoms with van der Waals surface area (Å²) in [5.41, 5.74) is 2.54. The van der Waals surface area contributed by atoms with Crippen LogP contribution in [0, 0.1) is 0 Å². The largest absolute Gasteiger partial charge is 0.496 e. The van der Waals surface area contributed by atoms with Crippen molar-refractivity contribution in [2.45, 2.75) is 26.2 Å². The van der Waals surface area contributed by atoms with Gasteiger partial charge in [0.05, 0.1) is 7.11 Å². The van der Waals surface area contributed by atoms with Crippen LogP contribution in [-0.2, 0) is 6.42 Å². The highest BCUT2D eigenvalue weighted by atomic mass is 16.5. The lowest BCUT2D eigenvalue weighted by molar-refractivity contribution is 0.252. The molecule has 0 aliphatic rings. The van der Waals surface area contributed by atoms with Gasteiger partial charge in [-0.15, -0.1) is 0 Å². The summed E-state index contributed by atoms with van der Waals surface area (Å²) in [7, 11) is 1.64. The Morgan fingerprint density at radius 1 is 1.14 bits per heavy atom. The monoisotopic (exact) mass is 380 g/mol. The number of nitrogens with zero attached hydrogens (tertiary/aromatic N) is 2. The molecule has 0 aliphatic heterocycles. The van der Waals surface area contributed by atoms with Crippen LogP contribution in [0.2, 0.25) is 0 Å². The number of carbonyl (C=O) groups excluding carboxylic acids is 1. The van der Waals surface area contributed by atoms with E-state index in [1.807, 2.05) is 50.2 Å². The van der Waals surface area contributed by atoms with Crippen molar-refractivity contribution in [1.29, 1.82) is 0 Å². The highest BCUT2D eigenvalue weighted by Crippen LogP contribution is 2.22. The van der Waals surface area contributed by atoms with Gasteiger partial charge in [0, 0.05) is 23.7 Å². The van der Waals surface area contributed by atoms with Gasteiger partial charge in [-0.1, -0.05) is 37.2 Å². The molecule has 2 amide bonds. The molecular formula is C21H24N4O3. The minimum atomic E-state index is -0.262. The van der Waals surface area contributed by atoms with Crippen LogP contribution in [0.3, 0.4) is 0 Å². The second kappa shape index (κ2) is 9.03. The van der Waals surface area contributed by atoms with Crippen molar-refractivity contribution in [2.24, 2.45) is 0 Å². The third-order valence-electron chi connectivity index (χ3n) is 4.22. The van der Waals surface area contributed by atoms with Crippen LogP contribution in [0.1, 0.15) is 31.2 Å². The molecule has 1 heterocycles. The number of hydrogen-bond acceptors (Lipinski definition) is 5. The topological polar surface area (TPSA) is 89.3 Å². The number of aromatic nitrogens is 2. The van der Waals surface area contributed by atoms with Gasteiger partial charge in [-0.2, -0.15) is 4.98 Å². The maximum Gasteiger partial charge on any atom is 0.319 e. The minimum Gasteiger partial charge on any atom is -0.496 e. The second-order valence-corrected chi connectivity index (χ2v) is 6.63. The second-order valence-electron chi connectivity index (χ2n) is 6.63. The van der Waals surface area contributed by atoms with Crippen LogP contribution < -0.4 is 15.4 Å². The lowest BCUT2D eigenvalue weighted by Crippen LogP contribution is -2.30. The lowest BCUT2D eigenvalue weighted by atomic mass is 10.1. The summed E-state index contributed by atoms with van der Waals surface area (Å²) < 4.78 is 10.6. The molecule has 0 radical (unpaired) electrons. The van der Waals surface area contributed by atoms with E-state index < -0.39 is 0 Å². The Hall–Kier alpha value is -3.35. The molecule has 1 aromatic heterocycles. The molecule has 0 spiro atoms. The quantitative estimate of drug-likeness (QED) is 0.640. The van der Waals surface area contributed by atoms with Gasteiger partial charge in [0.15, 0.2) is 5.82 Å². The van der Waals surface area contributed by atoms with Crippen molar-refractivity contribution >= 4 is 11.7 Å². The number of carbonyl (C=O) groups is 1. The van der Waals surface area contributed by atoms with Gasteiger partial charge in [0.25, 0.3) is 5.89 Å². The van der Waals surface area contributed by atoms with Crippen molar-refractivity contribution in [3.8, 4) is 17.2 Å². The predicted octanol–water partition coefficient (Wildman–Crippen LogP) is 4.23. The summed E-state index contributed by atoms with van der Waals surface area (Å²) in [6, 6.07) is 14.8. The number of hydrogen-bond donors (Lipinski definition) is 2. The lowest BCUT2D eigenvalue weighted by Gasteiger charge is -2.10. The number of anilines is 1. The molecule has 0 bridgehead atoms. The van der Waals surface area contributed by atoms with E-state index in [1.54, 1.807) is 19.2 Å². The maximum absolute atomic E-state index is 12.1. The molecule has 0 saturated heterocycles. The van der Waals surface area contributed by atoms with Gasteiger partial charge in [-0.25, -0.2) is 4.79 Å². The molecule has 0 saturated carbocycles. The molecule has 0 aliphatic carbocycles. The van der Waals surface area contributed by atoms with Crippen LogP contribution in [-0.4, -0.2) is 29.8 Å². The molecule has 2 aromatic carbocycles. The number of benzene rings is 2. The molecule has 0 atom stereocenters. The zero-order chi connectivity index (χ0) is 19.9. The van der Waals surface area contributed by atoms with Gasteiger partial charge in [0.2, 0.25) is 0 Å². The van der Waals surface area contributed by atoms with Gasteiger partial charge in [0.1, 0.15) is 5.75 Å². The summed E-state index contributed by atoms with van der Waals surface area (Å²) in [5.74, 6) is 2.17. The molecule has 7 nitrogen and oxygen atoms in total. The van der Waals surface area contributed by atoms with E-state index >= 15 is 0 Å². The molecule has 3 aromatic rings. The van der Waals surface area contributed by atoms with E-state index in [1.165, 1.54) is 0 Å². The number of rotatable bonds is 7. The van der Waals surface area contributed by atoms with Crippen LogP contribution in [0.15, 0.2) is 53.1 Å². The first kappa shape index (κ1) is 19.4. The van der Waals surface area contributed by atoms with Gasteiger partial charge in [-0.05, 0) is 42.3 Å². The van der Waals surface area contributed by atoms with E-state index in [0.29, 0.717) is 30.4 Å². The van der Waals surface area contributed by atoms with Gasteiger partial charge in [-0.3, -0.25) is 0 Å². The molecule has 0 unspecified atom stereocenters. The van der Waals surface area contributed by atoms with E-state index in [9.17, 15) is 4.79 Å². The molecule has 28 heavy (non-hydrogen) atoms. The van der Waals surface area contributed by atoms with E-state index in [-0.39, 0.29) is 11.9 Å². The number of para-hydroxylation sites is 1. The Bertz CT molecular complexity index is 919. The summed E-state index contributed by atoms with van der Waals surface area (Å²) >= 11 is 0. The third kappa shape index (κ3) is 4.88. The van der Waals surface area contributed by atoms with E-state index in [0.717, 1.165) is 16.9 Å². The minimum absolute atomic E-state index is 0.206. The highest BCUT2D eigenvalue weighted by molar-refractivity contribution is 5.89. The van der Waals surface area contributed by atoms with Crippen molar-refractivity contribution in [2.75, 3.05) is 19.0 Å². The molecular weight excluding hydrogens is 356 g/mol. The van der Waals surface area contributed by atoms with Crippen molar-refractivity contribution in [3.63, 3.8) is 0 Å². The number of ether oxygens (including phenoxy) is 1. The average Bonchev–Trinajstić information content (AvgIpc) is 3.19. The summed E-state index contributed by atoms with van der Waals surface area (Å²) in [6.45, 7) is 4.52. The molecule has 7 heteroatoms. The molecule has 3 rings (SSSR count). The number of urea groups is 1. The predicted molar refractivity (Wildman–Crippen MR) is 108 cm³/mol. The van der Waals surface area contributed by atoms with Crippen LogP contribution in [0.5, 0.6) is 5.75 Å². The first-order valence-corrected chi connectivity index (χ1v) is 9.17. The first-order valence-electron chi connectivity index (χ1n) is 9.17. The molecule has 146 valence electrons. The SMILES string of the molecule is COc1ccccc1CCNC(=O)Nc1ccc(-c2nc(C(C)C)no2)cc1. The number of methoxy groups -OCH3 is 1. The Morgan fingerprint density at radius 2 is 1.89 bits per heavy atom. The Kier molecular flexibility index (Phi) is 6.26. The molecule has 0 fully saturated rings. The smallest absolute Gasteiger partial charge is 0.319 e. The first-order chi connectivity index (χ1) is 13.6. The summed E-state index contributed by atoms with van der Waals surface area (Å²) in [4.78, 5) is 16.5. The highest BCUT2D eigenvalue weighted by Gasteiger charge is 2.11. The van der Waals surface area contributed by atoms with Crippen LogP contribution in [0.4, 0.5) is 10.5 Å². The standard InChI is InChI=1S/C21H24N4O3/c1-14(2)19-24-20(28-25-19)16-8-10-17(11-9-16)23-21(26)22-13-12-15-6-4-5-7-18(15)27-3/h4-11,14H,12-13H2,1-3H3,(H2,22,23,26). The van der Waals surface area contributed by atoms with Crippen LogP contribution >= 0.6 is 0 Å². The average molecular weight is 380 g/mol. The fourth-order valence-electron chi connectivity index (χ4n) is 2.68. The van der Waals surface area contributed by atoms with Crippen molar-refractivity contribution in [3.05, 3.63) is 59.9 Å². The summed E-state index contributed by atoms with van der Waals surface area (Å²) in [6.07, 6.45) is 0.686. The van der Waals surface area contributed by atoms with Crippen molar-refractivity contribution < 1.29 is 14.1 Å². The fourth-order valence-corrected chi connectivity index (χ4v) is 2.68. The van der Waals surface area contributed by atoms with Gasteiger partial charge < -0.3 is 19.9 Å². The Labute approximate surface area is 164 Å². The fraction of sp³-hybridized carbons (Fsp3) is 0.286. The number of nitrogens with one attached hydrogen (secondary N) is 2. The molecule has 2 N–H and O–H groups in total. The van der Waals surface area contributed by atoms with E-state index in [2.05, 4.69) is 20.8 Å². The van der Waals surface area contributed by atoms with Crippen LogP contribution in [0.25, 0.3) is 11.5 Å². The van der Waals surface area contributed by atoms with Gasteiger partial charge >= 0.3 is 6.03 Å². The zero-order valence-electron chi connectivity index (χ0n) is 16.2. The van der Waals surface area contributed by atoms with E-state index in [4.69, 9.17) is 9.26 Å². The maximum atomic E-state index is 12.1. The Morgan fingerprint density at radius 3 is 2.57 bits per heavy atom. The third-order valence-corrected chi connectivity index (χ3v) is 4.22. The normalized spacial score (nSPS) is 10.7. The Balaban J connectivity index is 1.51. The zero-order valence-corrected chi connectivity index (χ0v) is 16.2. The summed E-state index contributed by atoms with van der Waals surface area (Å²) in [5, 5.41) is 9.62. The van der Waals surface area contributed by atoms with Crippen molar-refractivity contribution in [1.82, 2.24) is 15.5 Å². The number of amides is 2.